The van der Waals surface area contributed by atoms with E-state index in [1.165, 1.54) is 0 Å². The molecule has 2 rings (SSSR count). The Morgan fingerprint density at radius 1 is 1.42 bits per heavy atom. The van der Waals surface area contributed by atoms with Crippen LogP contribution in [0.2, 0.25) is 0 Å². The quantitative estimate of drug-likeness (QED) is 0.909. The fourth-order valence-corrected chi connectivity index (χ4v) is 1.89. The summed E-state index contributed by atoms with van der Waals surface area (Å²) in [5, 5.41) is 2.94. The fourth-order valence-electron chi connectivity index (χ4n) is 1.89. The van der Waals surface area contributed by atoms with Gasteiger partial charge in [0.25, 0.3) is 0 Å². The molecule has 0 saturated carbocycles. The molecule has 1 amide bonds. The lowest BCUT2D eigenvalue weighted by atomic mass is 10.2. The molecule has 0 radical (unpaired) electrons. The van der Waals surface area contributed by atoms with Gasteiger partial charge in [-0.1, -0.05) is 6.07 Å². The standard InChI is InChI=1S/C14H18N4O/c1-10-5-4-6-13(16-10)11(2)17-14(19)9-18-8-7-15-12(18)3/h4-8,11H,9H2,1-3H3,(H,17,19). The average molecular weight is 258 g/mol. The van der Waals surface area contributed by atoms with Crippen LogP contribution in [-0.2, 0) is 11.3 Å². The molecule has 1 atom stereocenters. The SMILES string of the molecule is Cc1cccc(C(C)NC(=O)Cn2ccnc2C)n1. The van der Waals surface area contributed by atoms with Gasteiger partial charge in [-0.25, -0.2) is 4.98 Å². The highest BCUT2D eigenvalue weighted by Crippen LogP contribution is 2.09. The summed E-state index contributed by atoms with van der Waals surface area (Å²) < 4.78 is 1.81. The van der Waals surface area contributed by atoms with Gasteiger partial charge in [-0.05, 0) is 32.9 Å². The van der Waals surface area contributed by atoms with Crippen molar-refractivity contribution in [3.63, 3.8) is 0 Å². The average Bonchev–Trinajstić information content (AvgIpc) is 2.75. The number of nitrogens with one attached hydrogen (secondary N) is 1. The van der Waals surface area contributed by atoms with Gasteiger partial charge in [0.15, 0.2) is 0 Å². The van der Waals surface area contributed by atoms with Gasteiger partial charge >= 0.3 is 0 Å². The second kappa shape index (κ2) is 5.65. The Balaban J connectivity index is 1.97. The third-order valence-electron chi connectivity index (χ3n) is 2.97. The molecule has 100 valence electrons. The van der Waals surface area contributed by atoms with E-state index < -0.39 is 0 Å². The molecule has 2 heterocycles. The van der Waals surface area contributed by atoms with Gasteiger partial charge in [-0.3, -0.25) is 9.78 Å². The topological polar surface area (TPSA) is 59.8 Å². The zero-order valence-electron chi connectivity index (χ0n) is 11.4. The molecule has 1 unspecified atom stereocenters. The minimum atomic E-state index is -0.101. The highest BCUT2D eigenvalue weighted by atomic mass is 16.2. The number of aryl methyl sites for hydroxylation is 2. The minimum absolute atomic E-state index is 0.0445. The molecule has 5 heteroatoms. The van der Waals surface area contributed by atoms with E-state index in [2.05, 4.69) is 15.3 Å². The minimum Gasteiger partial charge on any atom is -0.346 e. The van der Waals surface area contributed by atoms with Crippen LogP contribution in [0.25, 0.3) is 0 Å². The number of rotatable bonds is 4. The molecule has 0 aliphatic heterocycles. The summed E-state index contributed by atoms with van der Waals surface area (Å²) in [7, 11) is 0. The molecule has 5 nitrogen and oxygen atoms in total. The molecule has 0 saturated heterocycles. The van der Waals surface area contributed by atoms with E-state index in [0.717, 1.165) is 17.2 Å². The number of pyridine rings is 1. The highest BCUT2D eigenvalue weighted by Gasteiger charge is 2.11. The number of carbonyl (C=O) groups excluding carboxylic acids is 1. The molecule has 0 fully saturated rings. The first kappa shape index (κ1) is 13.3. The van der Waals surface area contributed by atoms with Crippen LogP contribution < -0.4 is 5.32 Å². The number of hydrogen-bond acceptors (Lipinski definition) is 3. The summed E-state index contributed by atoms with van der Waals surface area (Å²) in [6, 6.07) is 5.70. The molecule has 2 aromatic heterocycles. The van der Waals surface area contributed by atoms with Crippen molar-refractivity contribution in [3.05, 3.63) is 47.8 Å². The number of hydrogen-bond donors (Lipinski definition) is 1. The van der Waals surface area contributed by atoms with Crippen molar-refractivity contribution < 1.29 is 4.79 Å². The van der Waals surface area contributed by atoms with E-state index in [1.54, 1.807) is 12.4 Å². The Morgan fingerprint density at radius 3 is 2.84 bits per heavy atom. The Bertz CT molecular complexity index is 576. The second-order valence-electron chi connectivity index (χ2n) is 4.60. The van der Waals surface area contributed by atoms with Crippen molar-refractivity contribution in [1.29, 1.82) is 0 Å². The van der Waals surface area contributed by atoms with Crippen molar-refractivity contribution >= 4 is 5.91 Å². The zero-order chi connectivity index (χ0) is 13.8. The van der Waals surface area contributed by atoms with E-state index in [0.29, 0.717) is 0 Å². The van der Waals surface area contributed by atoms with Gasteiger partial charge in [0.05, 0.1) is 11.7 Å². The van der Waals surface area contributed by atoms with Crippen molar-refractivity contribution in [2.45, 2.75) is 33.4 Å². The Hall–Kier alpha value is -2.17. The van der Waals surface area contributed by atoms with Crippen LogP contribution in [0, 0.1) is 13.8 Å². The molecule has 0 aromatic carbocycles. The highest BCUT2D eigenvalue weighted by molar-refractivity contribution is 5.76. The van der Waals surface area contributed by atoms with Crippen molar-refractivity contribution in [1.82, 2.24) is 19.9 Å². The summed E-state index contributed by atoms with van der Waals surface area (Å²) in [6.45, 7) is 6.02. The summed E-state index contributed by atoms with van der Waals surface area (Å²) in [6.07, 6.45) is 3.48. The maximum absolute atomic E-state index is 11.9. The number of amides is 1. The maximum atomic E-state index is 11.9. The number of aromatic nitrogens is 3. The number of imidazole rings is 1. The predicted octanol–water partition coefficient (Wildman–Crippen LogP) is 1.77. The first-order valence-corrected chi connectivity index (χ1v) is 6.27. The third-order valence-corrected chi connectivity index (χ3v) is 2.97. The van der Waals surface area contributed by atoms with Crippen LogP contribution in [0.3, 0.4) is 0 Å². The lowest BCUT2D eigenvalue weighted by Gasteiger charge is -2.14. The van der Waals surface area contributed by atoms with E-state index in [9.17, 15) is 4.79 Å². The normalized spacial score (nSPS) is 12.2. The monoisotopic (exact) mass is 258 g/mol. The van der Waals surface area contributed by atoms with Crippen LogP contribution in [0.5, 0.6) is 0 Å². The Morgan fingerprint density at radius 2 is 2.21 bits per heavy atom. The van der Waals surface area contributed by atoms with Crippen LogP contribution >= 0.6 is 0 Å². The summed E-state index contributed by atoms with van der Waals surface area (Å²) in [5.74, 6) is 0.786. The first-order chi connectivity index (χ1) is 9.06. The third kappa shape index (κ3) is 3.40. The fraction of sp³-hybridized carbons (Fsp3) is 0.357. The smallest absolute Gasteiger partial charge is 0.240 e. The molecule has 19 heavy (non-hydrogen) atoms. The first-order valence-electron chi connectivity index (χ1n) is 6.27. The zero-order valence-corrected chi connectivity index (χ0v) is 11.4. The van der Waals surface area contributed by atoms with E-state index in [4.69, 9.17) is 0 Å². The summed E-state index contributed by atoms with van der Waals surface area (Å²) in [4.78, 5) is 20.4. The van der Waals surface area contributed by atoms with Gasteiger partial charge in [0.1, 0.15) is 12.4 Å². The number of carbonyl (C=O) groups is 1. The van der Waals surface area contributed by atoms with Gasteiger partial charge in [-0.15, -0.1) is 0 Å². The maximum Gasteiger partial charge on any atom is 0.240 e. The van der Waals surface area contributed by atoms with Crippen LogP contribution in [-0.4, -0.2) is 20.4 Å². The van der Waals surface area contributed by atoms with Crippen molar-refractivity contribution in [2.75, 3.05) is 0 Å². The summed E-state index contributed by atoms with van der Waals surface area (Å²) >= 11 is 0. The van der Waals surface area contributed by atoms with Gasteiger partial charge in [0, 0.05) is 18.1 Å². The summed E-state index contributed by atoms with van der Waals surface area (Å²) in [5.41, 5.74) is 1.82. The number of nitrogens with zero attached hydrogens (tertiary/aromatic N) is 3. The van der Waals surface area contributed by atoms with Crippen molar-refractivity contribution in [2.24, 2.45) is 0 Å². The molecule has 2 aromatic rings. The molecule has 0 aliphatic rings. The largest absolute Gasteiger partial charge is 0.346 e. The Kier molecular flexibility index (Phi) is 3.94. The Labute approximate surface area is 112 Å². The van der Waals surface area contributed by atoms with Gasteiger partial charge < -0.3 is 9.88 Å². The molecular weight excluding hydrogens is 240 g/mol. The molecule has 0 aliphatic carbocycles. The van der Waals surface area contributed by atoms with Crippen molar-refractivity contribution in [3.8, 4) is 0 Å². The molecule has 1 N–H and O–H groups in total. The van der Waals surface area contributed by atoms with E-state index in [1.807, 2.05) is 43.5 Å². The predicted molar refractivity (Wildman–Crippen MR) is 72.5 cm³/mol. The lowest BCUT2D eigenvalue weighted by Crippen LogP contribution is -2.30. The second-order valence-corrected chi connectivity index (χ2v) is 4.60. The van der Waals surface area contributed by atoms with Crippen LogP contribution in [0.4, 0.5) is 0 Å². The van der Waals surface area contributed by atoms with Crippen LogP contribution in [0.15, 0.2) is 30.6 Å². The van der Waals surface area contributed by atoms with E-state index in [-0.39, 0.29) is 18.5 Å². The van der Waals surface area contributed by atoms with Crippen LogP contribution in [0.1, 0.15) is 30.2 Å². The van der Waals surface area contributed by atoms with Gasteiger partial charge in [-0.2, -0.15) is 0 Å². The molecular formula is C14H18N4O. The molecule has 0 bridgehead atoms. The van der Waals surface area contributed by atoms with Gasteiger partial charge in [0.2, 0.25) is 5.91 Å². The van der Waals surface area contributed by atoms with E-state index >= 15 is 0 Å². The lowest BCUT2D eigenvalue weighted by molar-refractivity contribution is -0.122. The molecule has 0 spiro atoms.